The highest BCUT2D eigenvalue weighted by Gasteiger charge is 2.03. The number of hydrazine groups is 1. The van der Waals surface area contributed by atoms with Crippen LogP contribution in [0.5, 0.6) is 5.75 Å². The van der Waals surface area contributed by atoms with E-state index in [-0.39, 0.29) is 0 Å². The second-order valence-corrected chi connectivity index (χ2v) is 5.73. The topological polar surface area (TPSA) is 33.3 Å². The molecule has 0 aromatic heterocycles. The van der Waals surface area contributed by atoms with E-state index >= 15 is 0 Å². The Kier molecular flexibility index (Phi) is 5.48. The van der Waals surface area contributed by atoms with Gasteiger partial charge >= 0.3 is 0 Å². The monoisotopic (exact) mass is 318 g/mol. The van der Waals surface area contributed by atoms with E-state index in [2.05, 4.69) is 48.1 Å². The molecule has 0 atom stereocenters. The van der Waals surface area contributed by atoms with Crippen LogP contribution in [0.15, 0.2) is 78.9 Å². The van der Waals surface area contributed by atoms with Crippen molar-refractivity contribution >= 4 is 5.69 Å². The van der Waals surface area contributed by atoms with E-state index in [0.29, 0.717) is 13.2 Å². The van der Waals surface area contributed by atoms with E-state index < -0.39 is 0 Å². The van der Waals surface area contributed by atoms with Crippen LogP contribution in [0.25, 0.3) is 0 Å². The third-order valence-corrected chi connectivity index (χ3v) is 3.77. The lowest BCUT2D eigenvalue weighted by Crippen LogP contribution is -2.21. The number of hydrogen-bond acceptors (Lipinski definition) is 3. The van der Waals surface area contributed by atoms with Gasteiger partial charge in [0.1, 0.15) is 12.4 Å². The zero-order valence-electron chi connectivity index (χ0n) is 13.8. The number of rotatable bonds is 7. The molecule has 0 fully saturated rings. The van der Waals surface area contributed by atoms with Gasteiger partial charge in [-0.2, -0.15) is 0 Å². The molecule has 2 N–H and O–H groups in total. The first-order valence-electron chi connectivity index (χ1n) is 8.11. The molecule has 0 unspecified atom stereocenters. The maximum absolute atomic E-state index is 6.00. The minimum Gasteiger partial charge on any atom is -0.489 e. The van der Waals surface area contributed by atoms with Crippen LogP contribution in [-0.4, -0.2) is 0 Å². The average Bonchev–Trinajstić information content (AvgIpc) is 2.63. The van der Waals surface area contributed by atoms with Gasteiger partial charge in [-0.3, -0.25) is 0 Å². The van der Waals surface area contributed by atoms with E-state index in [1.165, 1.54) is 11.1 Å². The van der Waals surface area contributed by atoms with Gasteiger partial charge in [0.25, 0.3) is 0 Å². The average molecular weight is 318 g/mol. The summed E-state index contributed by atoms with van der Waals surface area (Å²) in [5, 5.41) is 0. The van der Waals surface area contributed by atoms with Gasteiger partial charge < -0.3 is 10.2 Å². The molecule has 0 spiro atoms. The Hall–Kier alpha value is -2.78. The van der Waals surface area contributed by atoms with Crippen LogP contribution in [0, 0.1) is 6.92 Å². The van der Waals surface area contributed by atoms with Crippen molar-refractivity contribution in [1.29, 1.82) is 0 Å². The molecule has 0 aliphatic rings. The summed E-state index contributed by atoms with van der Waals surface area (Å²) >= 11 is 0. The molecular formula is C21H22N2O. The number of ether oxygens (including phenoxy) is 1. The van der Waals surface area contributed by atoms with E-state index in [4.69, 9.17) is 4.74 Å². The van der Waals surface area contributed by atoms with Crippen LogP contribution in [0.4, 0.5) is 5.69 Å². The Bertz CT molecular complexity index is 754. The van der Waals surface area contributed by atoms with Crippen LogP contribution < -0.4 is 15.6 Å². The number of nitrogens with one attached hydrogen (secondary N) is 2. The van der Waals surface area contributed by atoms with Gasteiger partial charge in [0.05, 0.1) is 0 Å². The lowest BCUT2D eigenvalue weighted by molar-refractivity contribution is 0.302. The number of aryl methyl sites for hydroxylation is 1. The van der Waals surface area contributed by atoms with Crippen LogP contribution >= 0.6 is 0 Å². The summed E-state index contributed by atoms with van der Waals surface area (Å²) in [4.78, 5) is 0. The minimum atomic E-state index is 0.573. The molecule has 0 heterocycles. The Balaban J connectivity index is 1.57. The van der Waals surface area contributed by atoms with E-state index in [1.807, 2.05) is 48.5 Å². The maximum atomic E-state index is 6.00. The minimum absolute atomic E-state index is 0.573. The first-order chi connectivity index (χ1) is 11.8. The summed E-state index contributed by atoms with van der Waals surface area (Å²) in [6, 6.07) is 26.6. The maximum Gasteiger partial charge on any atom is 0.124 e. The SMILES string of the molecule is Cc1ccc(COc2ccccc2CNNc2ccccc2)cc1. The molecule has 24 heavy (non-hydrogen) atoms. The fraction of sp³-hybridized carbons (Fsp3) is 0.143. The highest BCUT2D eigenvalue weighted by Crippen LogP contribution is 2.19. The van der Waals surface area contributed by atoms with Gasteiger partial charge in [0.2, 0.25) is 0 Å². The predicted octanol–water partition coefficient (Wildman–Crippen LogP) is 4.69. The van der Waals surface area contributed by atoms with Crippen LogP contribution in [0.2, 0.25) is 0 Å². The quantitative estimate of drug-likeness (QED) is 0.620. The van der Waals surface area contributed by atoms with Crippen molar-refractivity contribution < 1.29 is 4.74 Å². The molecule has 0 aliphatic carbocycles. The van der Waals surface area contributed by atoms with Crippen LogP contribution in [-0.2, 0) is 13.2 Å². The van der Waals surface area contributed by atoms with Gasteiger partial charge in [-0.05, 0) is 30.7 Å². The van der Waals surface area contributed by atoms with Crippen molar-refractivity contribution in [1.82, 2.24) is 5.43 Å². The van der Waals surface area contributed by atoms with Crippen molar-refractivity contribution in [2.75, 3.05) is 5.43 Å². The smallest absolute Gasteiger partial charge is 0.124 e. The first-order valence-corrected chi connectivity index (χ1v) is 8.11. The molecule has 0 radical (unpaired) electrons. The molecule has 3 aromatic carbocycles. The fourth-order valence-corrected chi connectivity index (χ4v) is 2.40. The van der Waals surface area contributed by atoms with Crippen LogP contribution in [0.1, 0.15) is 16.7 Å². The van der Waals surface area contributed by atoms with E-state index in [0.717, 1.165) is 17.0 Å². The second-order valence-electron chi connectivity index (χ2n) is 5.73. The number of benzene rings is 3. The zero-order chi connectivity index (χ0) is 16.6. The molecule has 0 saturated carbocycles. The third kappa shape index (κ3) is 4.61. The normalized spacial score (nSPS) is 10.4. The highest BCUT2D eigenvalue weighted by molar-refractivity contribution is 5.41. The lowest BCUT2D eigenvalue weighted by atomic mass is 10.1. The van der Waals surface area contributed by atoms with Gasteiger partial charge in [-0.1, -0.05) is 66.2 Å². The second kappa shape index (κ2) is 8.18. The molecule has 0 bridgehead atoms. The summed E-state index contributed by atoms with van der Waals surface area (Å²) in [6.07, 6.45) is 0. The molecule has 3 heteroatoms. The number of hydrogen-bond donors (Lipinski definition) is 2. The largest absolute Gasteiger partial charge is 0.489 e. The van der Waals surface area contributed by atoms with Gasteiger partial charge in [-0.25, -0.2) is 5.43 Å². The standard InChI is InChI=1S/C21H22N2O/c1-17-11-13-18(14-12-17)16-24-21-10-6-5-7-19(21)15-22-23-20-8-3-2-4-9-20/h2-14,22-23H,15-16H2,1H3. The Morgan fingerprint density at radius 3 is 2.29 bits per heavy atom. The Morgan fingerprint density at radius 1 is 0.792 bits per heavy atom. The first kappa shape index (κ1) is 16.1. The molecular weight excluding hydrogens is 296 g/mol. The van der Waals surface area contributed by atoms with Crippen molar-refractivity contribution in [2.45, 2.75) is 20.1 Å². The molecule has 0 aliphatic heterocycles. The predicted molar refractivity (Wildman–Crippen MR) is 98.9 cm³/mol. The van der Waals surface area contributed by atoms with Crippen molar-refractivity contribution in [2.24, 2.45) is 0 Å². The summed E-state index contributed by atoms with van der Waals surface area (Å²) in [5.74, 6) is 0.903. The van der Waals surface area contributed by atoms with Crippen molar-refractivity contribution in [3.63, 3.8) is 0 Å². The molecule has 0 amide bonds. The fourth-order valence-electron chi connectivity index (χ4n) is 2.40. The summed E-state index contributed by atoms with van der Waals surface area (Å²) in [6.45, 7) is 3.34. The van der Waals surface area contributed by atoms with Crippen LogP contribution in [0.3, 0.4) is 0 Å². The summed E-state index contributed by atoms with van der Waals surface area (Å²) in [5.41, 5.74) is 11.0. The summed E-state index contributed by atoms with van der Waals surface area (Å²) < 4.78 is 6.00. The van der Waals surface area contributed by atoms with Gasteiger partial charge in [0, 0.05) is 17.8 Å². The Labute approximate surface area is 143 Å². The molecule has 0 saturated heterocycles. The van der Waals surface area contributed by atoms with Gasteiger partial charge in [0.15, 0.2) is 0 Å². The Morgan fingerprint density at radius 2 is 1.50 bits per heavy atom. The van der Waals surface area contributed by atoms with Gasteiger partial charge in [-0.15, -0.1) is 0 Å². The summed E-state index contributed by atoms with van der Waals surface area (Å²) in [7, 11) is 0. The number of para-hydroxylation sites is 2. The molecule has 3 aromatic rings. The highest BCUT2D eigenvalue weighted by atomic mass is 16.5. The lowest BCUT2D eigenvalue weighted by Gasteiger charge is -2.13. The van der Waals surface area contributed by atoms with E-state index in [9.17, 15) is 0 Å². The third-order valence-electron chi connectivity index (χ3n) is 3.77. The molecule has 3 nitrogen and oxygen atoms in total. The molecule has 3 rings (SSSR count). The number of anilines is 1. The van der Waals surface area contributed by atoms with Crippen molar-refractivity contribution in [3.05, 3.63) is 95.6 Å². The zero-order valence-corrected chi connectivity index (χ0v) is 13.8. The van der Waals surface area contributed by atoms with E-state index in [1.54, 1.807) is 0 Å². The molecule has 122 valence electrons. The van der Waals surface area contributed by atoms with Crippen molar-refractivity contribution in [3.8, 4) is 5.75 Å².